The molecule has 3 rings (SSSR count). The molecule has 2 heterocycles. The minimum absolute atomic E-state index is 0.235. The number of thiocarbonyl (C=S) groups is 1. The molecular weight excluding hydrogens is 400 g/mol. The SMILES string of the molecule is CCC(=S)NCC1CN(c2ccc(N3CCN(S(C)(=O)=O)CC3)cc2)C(=O)O1. The number of carbonyl (C=O) groups excluding carboxylic acids is 1. The molecule has 1 amide bonds. The van der Waals surface area contributed by atoms with E-state index in [1.807, 2.05) is 31.2 Å². The second kappa shape index (κ2) is 8.62. The van der Waals surface area contributed by atoms with Gasteiger partial charge in [0.2, 0.25) is 10.0 Å². The molecule has 0 aliphatic carbocycles. The van der Waals surface area contributed by atoms with Crippen LogP contribution in [0.1, 0.15) is 13.3 Å². The number of anilines is 2. The Bertz CT molecular complexity index is 820. The van der Waals surface area contributed by atoms with Gasteiger partial charge in [0.15, 0.2) is 0 Å². The van der Waals surface area contributed by atoms with E-state index < -0.39 is 10.0 Å². The second-order valence-electron chi connectivity index (χ2n) is 6.94. The predicted molar refractivity (Wildman–Crippen MR) is 114 cm³/mol. The molecule has 0 spiro atoms. The molecule has 1 unspecified atom stereocenters. The van der Waals surface area contributed by atoms with E-state index in [1.54, 1.807) is 4.90 Å². The highest BCUT2D eigenvalue weighted by Gasteiger charge is 2.32. The number of hydrogen-bond donors (Lipinski definition) is 1. The first-order valence-electron chi connectivity index (χ1n) is 9.33. The number of piperazine rings is 1. The third-order valence-corrected chi connectivity index (χ3v) is 6.69. The van der Waals surface area contributed by atoms with Gasteiger partial charge >= 0.3 is 6.09 Å². The van der Waals surface area contributed by atoms with Gasteiger partial charge in [-0.1, -0.05) is 19.1 Å². The van der Waals surface area contributed by atoms with Crippen LogP contribution >= 0.6 is 12.2 Å². The monoisotopic (exact) mass is 426 g/mol. The molecule has 2 fully saturated rings. The number of ether oxygens (including phenoxy) is 1. The Morgan fingerprint density at radius 3 is 2.36 bits per heavy atom. The summed E-state index contributed by atoms with van der Waals surface area (Å²) in [6, 6.07) is 7.70. The van der Waals surface area contributed by atoms with Gasteiger partial charge in [-0.2, -0.15) is 4.31 Å². The molecule has 0 radical (unpaired) electrons. The lowest BCUT2D eigenvalue weighted by molar-refractivity contribution is 0.143. The van der Waals surface area contributed by atoms with Crippen molar-refractivity contribution in [3.05, 3.63) is 24.3 Å². The molecule has 8 nitrogen and oxygen atoms in total. The van der Waals surface area contributed by atoms with Crippen LogP contribution in [-0.2, 0) is 14.8 Å². The summed E-state index contributed by atoms with van der Waals surface area (Å²) < 4.78 is 30.2. The molecule has 0 aromatic heterocycles. The maximum Gasteiger partial charge on any atom is 0.414 e. The first kappa shape index (κ1) is 20.8. The molecule has 28 heavy (non-hydrogen) atoms. The predicted octanol–water partition coefficient (Wildman–Crippen LogP) is 1.42. The van der Waals surface area contributed by atoms with Crippen molar-refractivity contribution in [2.75, 3.05) is 55.3 Å². The Balaban J connectivity index is 1.57. The van der Waals surface area contributed by atoms with Crippen LogP contribution in [0, 0.1) is 0 Å². The Labute approximate surface area is 171 Å². The first-order chi connectivity index (χ1) is 13.3. The fourth-order valence-corrected chi connectivity index (χ4v) is 4.22. The van der Waals surface area contributed by atoms with Gasteiger partial charge in [0.05, 0.1) is 24.3 Å². The van der Waals surface area contributed by atoms with E-state index in [0.717, 1.165) is 22.8 Å². The van der Waals surface area contributed by atoms with Crippen molar-refractivity contribution >= 4 is 44.7 Å². The lowest BCUT2D eigenvalue weighted by Crippen LogP contribution is -2.48. The Kier molecular flexibility index (Phi) is 6.41. The zero-order chi connectivity index (χ0) is 20.3. The standard InChI is InChI=1S/C18H26N4O4S2/c1-3-17(27)19-12-16-13-22(18(23)26-16)15-6-4-14(5-7-15)20-8-10-21(11-9-20)28(2,24)25/h4-7,16H,3,8-13H2,1-2H3,(H,19,27). The molecule has 0 bridgehead atoms. The number of cyclic esters (lactones) is 1. The van der Waals surface area contributed by atoms with Crippen molar-refractivity contribution in [1.82, 2.24) is 9.62 Å². The van der Waals surface area contributed by atoms with Crippen LogP contribution in [0.15, 0.2) is 24.3 Å². The van der Waals surface area contributed by atoms with Crippen LogP contribution in [0.25, 0.3) is 0 Å². The molecule has 1 aromatic carbocycles. The number of rotatable bonds is 6. The van der Waals surface area contributed by atoms with Crippen LogP contribution in [0.5, 0.6) is 0 Å². The highest BCUT2D eigenvalue weighted by atomic mass is 32.2. The number of nitrogens with one attached hydrogen (secondary N) is 1. The minimum atomic E-state index is -3.14. The van der Waals surface area contributed by atoms with Crippen LogP contribution in [0.3, 0.4) is 0 Å². The maximum atomic E-state index is 12.2. The fourth-order valence-electron chi connectivity index (χ4n) is 3.31. The largest absolute Gasteiger partial charge is 0.442 e. The van der Waals surface area contributed by atoms with Crippen LogP contribution < -0.4 is 15.1 Å². The van der Waals surface area contributed by atoms with Crippen molar-refractivity contribution in [2.24, 2.45) is 0 Å². The van der Waals surface area contributed by atoms with Crippen molar-refractivity contribution in [2.45, 2.75) is 19.4 Å². The first-order valence-corrected chi connectivity index (χ1v) is 11.6. The lowest BCUT2D eigenvalue weighted by Gasteiger charge is -2.34. The summed E-state index contributed by atoms with van der Waals surface area (Å²) in [4.78, 5) is 16.7. The van der Waals surface area contributed by atoms with E-state index in [9.17, 15) is 13.2 Å². The van der Waals surface area contributed by atoms with E-state index in [-0.39, 0.29) is 12.2 Å². The zero-order valence-corrected chi connectivity index (χ0v) is 17.8. The molecule has 2 aliphatic rings. The Morgan fingerprint density at radius 1 is 1.18 bits per heavy atom. The summed E-state index contributed by atoms with van der Waals surface area (Å²) in [6.45, 7) is 5.21. The van der Waals surface area contributed by atoms with E-state index in [2.05, 4.69) is 10.2 Å². The van der Waals surface area contributed by atoms with Crippen molar-refractivity contribution in [3.8, 4) is 0 Å². The van der Waals surface area contributed by atoms with E-state index >= 15 is 0 Å². The van der Waals surface area contributed by atoms with Crippen molar-refractivity contribution in [1.29, 1.82) is 0 Å². The van der Waals surface area contributed by atoms with Gasteiger partial charge in [0.1, 0.15) is 6.10 Å². The quantitative estimate of drug-likeness (QED) is 0.689. The lowest BCUT2D eigenvalue weighted by atomic mass is 10.2. The van der Waals surface area contributed by atoms with Gasteiger partial charge in [0, 0.05) is 37.6 Å². The number of amides is 1. The molecular formula is C18H26N4O4S2. The highest BCUT2D eigenvalue weighted by Crippen LogP contribution is 2.25. The van der Waals surface area contributed by atoms with Gasteiger partial charge in [-0.25, -0.2) is 13.2 Å². The van der Waals surface area contributed by atoms with Gasteiger partial charge in [0.25, 0.3) is 0 Å². The van der Waals surface area contributed by atoms with E-state index in [0.29, 0.717) is 39.3 Å². The number of benzene rings is 1. The topological polar surface area (TPSA) is 82.2 Å². The van der Waals surface area contributed by atoms with Gasteiger partial charge in [-0.15, -0.1) is 0 Å². The number of carbonyl (C=O) groups is 1. The van der Waals surface area contributed by atoms with Gasteiger partial charge in [-0.3, -0.25) is 4.90 Å². The van der Waals surface area contributed by atoms with Gasteiger partial charge < -0.3 is 15.0 Å². The fraction of sp³-hybridized carbons (Fsp3) is 0.556. The summed E-state index contributed by atoms with van der Waals surface area (Å²) in [5.74, 6) is 0. The van der Waals surface area contributed by atoms with E-state index in [1.165, 1.54) is 10.6 Å². The second-order valence-corrected chi connectivity index (χ2v) is 9.41. The molecule has 1 atom stereocenters. The van der Waals surface area contributed by atoms with E-state index in [4.69, 9.17) is 17.0 Å². The average molecular weight is 427 g/mol. The van der Waals surface area contributed by atoms with Crippen LogP contribution in [0.4, 0.5) is 16.2 Å². The summed E-state index contributed by atoms with van der Waals surface area (Å²) in [5, 5.41) is 3.11. The Hall–Kier alpha value is -1.91. The van der Waals surface area contributed by atoms with Crippen LogP contribution in [0.2, 0.25) is 0 Å². The number of sulfonamides is 1. The molecule has 2 saturated heterocycles. The summed E-state index contributed by atoms with van der Waals surface area (Å²) in [6.07, 6.45) is 1.41. The molecule has 1 N–H and O–H groups in total. The summed E-state index contributed by atoms with van der Waals surface area (Å²) in [5.41, 5.74) is 1.79. The molecule has 2 aliphatic heterocycles. The molecule has 1 aromatic rings. The summed E-state index contributed by atoms with van der Waals surface area (Å²) >= 11 is 5.14. The number of hydrogen-bond acceptors (Lipinski definition) is 6. The average Bonchev–Trinajstić information content (AvgIpc) is 3.06. The normalized spacial score (nSPS) is 20.9. The van der Waals surface area contributed by atoms with Gasteiger partial charge in [-0.05, 0) is 30.7 Å². The summed E-state index contributed by atoms with van der Waals surface area (Å²) in [7, 11) is -3.14. The third-order valence-electron chi connectivity index (χ3n) is 4.96. The maximum absolute atomic E-state index is 12.2. The smallest absolute Gasteiger partial charge is 0.414 e. The molecule has 154 valence electrons. The van der Waals surface area contributed by atoms with Crippen LogP contribution in [-0.4, -0.2) is 75.4 Å². The van der Waals surface area contributed by atoms with Crippen molar-refractivity contribution in [3.63, 3.8) is 0 Å². The number of nitrogens with zero attached hydrogens (tertiary/aromatic N) is 3. The third kappa shape index (κ3) is 4.92. The highest BCUT2D eigenvalue weighted by molar-refractivity contribution is 7.88. The van der Waals surface area contributed by atoms with Crippen molar-refractivity contribution < 1.29 is 17.9 Å². The minimum Gasteiger partial charge on any atom is -0.442 e. The zero-order valence-electron chi connectivity index (χ0n) is 16.1. The molecule has 0 saturated carbocycles. The molecule has 10 heteroatoms. The Morgan fingerprint density at radius 2 is 1.79 bits per heavy atom.